The molecule has 0 atom stereocenters. The van der Waals surface area contributed by atoms with Gasteiger partial charge in [-0.05, 0) is 38.5 Å². The Bertz CT molecular complexity index is 459. The van der Waals surface area contributed by atoms with Crippen molar-refractivity contribution in [2.75, 3.05) is 0 Å². The van der Waals surface area contributed by atoms with Gasteiger partial charge in [-0.1, -0.05) is 12.1 Å². The number of esters is 1. The van der Waals surface area contributed by atoms with Gasteiger partial charge in [-0.15, -0.1) is 0 Å². The Morgan fingerprint density at radius 1 is 1.44 bits per heavy atom. The average Bonchev–Trinajstić information content (AvgIpc) is 2.24. The minimum Gasteiger partial charge on any atom is -0.457 e. The van der Waals surface area contributed by atoms with Crippen LogP contribution in [0.5, 0.6) is 0 Å². The van der Waals surface area contributed by atoms with Crippen LogP contribution in [0, 0.1) is 5.82 Å². The number of aliphatic hydroxyl groups excluding tert-OH is 1. The van der Waals surface area contributed by atoms with Gasteiger partial charge in [0, 0.05) is 11.6 Å². The van der Waals surface area contributed by atoms with Gasteiger partial charge in [-0.25, -0.2) is 9.18 Å². The first kappa shape index (κ1) is 14.4. The van der Waals surface area contributed by atoms with Crippen LogP contribution in [0.3, 0.4) is 0 Å². The lowest BCUT2D eigenvalue weighted by atomic mass is 10.1. The summed E-state index contributed by atoms with van der Waals surface area (Å²) in [6.45, 7) is 4.88. The van der Waals surface area contributed by atoms with Gasteiger partial charge in [0.05, 0.1) is 6.61 Å². The second-order valence-corrected chi connectivity index (χ2v) is 4.83. The Morgan fingerprint density at radius 3 is 2.67 bits per heavy atom. The molecule has 18 heavy (non-hydrogen) atoms. The molecule has 0 aromatic heterocycles. The van der Waals surface area contributed by atoms with Crippen molar-refractivity contribution in [2.24, 2.45) is 0 Å². The molecule has 0 aliphatic carbocycles. The third kappa shape index (κ3) is 4.30. The summed E-state index contributed by atoms with van der Waals surface area (Å²) >= 11 is 0. The Labute approximate surface area is 106 Å². The van der Waals surface area contributed by atoms with E-state index in [0.29, 0.717) is 5.56 Å². The molecule has 0 bridgehead atoms. The number of halogens is 1. The topological polar surface area (TPSA) is 46.5 Å². The number of aliphatic hydroxyl groups is 1. The molecule has 0 saturated carbocycles. The summed E-state index contributed by atoms with van der Waals surface area (Å²) in [6.07, 6.45) is 2.65. The third-order valence-corrected chi connectivity index (χ3v) is 2.12. The fourth-order valence-electron chi connectivity index (χ4n) is 1.39. The fourth-order valence-corrected chi connectivity index (χ4v) is 1.39. The summed E-state index contributed by atoms with van der Waals surface area (Å²) < 4.78 is 18.4. The number of hydrogen-bond donors (Lipinski definition) is 1. The second kappa shape index (κ2) is 5.78. The molecule has 4 heteroatoms. The lowest BCUT2D eigenvalue weighted by Crippen LogP contribution is -2.22. The zero-order chi connectivity index (χ0) is 13.8. The molecule has 0 heterocycles. The molecule has 98 valence electrons. The maximum atomic E-state index is 13.3. The molecular formula is C14H17FO3. The van der Waals surface area contributed by atoms with Gasteiger partial charge in [0.15, 0.2) is 0 Å². The molecule has 0 amide bonds. The number of hydrogen-bond acceptors (Lipinski definition) is 3. The molecule has 0 spiro atoms. The molecule has 0 unspecified atom stereocenters. The smallest absolute Gasteiger partial charge is 0.331 e. The van der Waals surface area contributed by atoms with Crippen molar-refractivity contribution >= 4 is 12.0 Å². The molecular weight excluding hydrogens is 235 g/mol. The van der Waals surface area contributed by atoms with E-state index in [4.69, 9.17) is 9.84 Å². The highest BCUT2D eigenvalue weighted by molar-refractivity contribution is 5.87. The number of carbonyl (C=O) groups excluding carboxylic acids is 1. The van der Waals surface area contributed by atoms with Crippen LogP contribution in [-0.2, 0) is 16.1 Å². The van der Waals surface area contributed by atoms with Crippen molar-refractivity contribution in [3.63, 3.8) is 0 Å². The minimum absolute atomic E-state index is 0.164. The van der Waals surface area contributed by atoms with E-state index < -0.39 is 24.0 Å². The summed E-state index contributed by atoms with van der Waals surface area (Å²) in [6, 6.07) is 4.40. The molecule has 0 fully saturated rings. The van der Waals surface area contributed by atoms with E-state index in [2.05, 4.69) is 0 Å². The Morgan fingerprint density at radius 2 is 2.11 bits per heavy atom. The zero-order valence-electron chi connectivity index (χ0n) is 10.7. The lowest BCUT2D eigenvalue weighted by Gasteiger charge is -2.17. The maximum absolute atomic E-state index is 13.3. The van der Waals surface area contributed by atoms with E-state index in [0.717, 1.165) is 0 Å². The van der Waals surface area contributed by atoms with Crippen molar-refractivity contribution < 1.29 is 19.0 Å². The summed E-state index contributed by atoms with van der Waals surface area (Å²) in [7, 11) is 0. The molecule has 0 radical (unpaired) electrons. The van der Waals surface area contributed by atoms with E-state index in [1.807, 2.05) is 0 Å². The summed E-state index contributed by atoms with van der Waals surface area (Å²) in [5, 5.41) is 9.06. The van der Waals surface area contributed by atoms with Gasteiger partial charge in [0.2, 0.25) is 0 Å². The van der Waals surface area contributed by atoms with E-state index in [-0.39, 0.29) is 5.56 Å². The van der Waals surface area contributed by atoms with Crippen LogP contribution in [0.25, 0.3) is 6.08 Å². The van der Waals surface area contributed by atoms with Crippen LogP contribution in [0.15, 0.2) is 24.3 Å². The first-order valence-corrected chi connectivity index (χ1v) is 5.63. The van der Waals surface area contributed by atoms with Crippen molar-refractivity contribution in [2.45, 2.75) is 33.0 Å². The molecule has 0 saturated heterocycles. The quantitative estimate of drug-likeness (QED) is 0.664. The maximum Gasteiger partial charge on any atom is 0.331 e. The first-order valence-electron chi connectivity index (χ1n) is 5.63. The molecule has 3 nitrogen and oxygen atoms in total. The molecule has 0 aliphatic rings. The van der Waals surface area contributed by atoms with Gasteiger partial charge in [-0.2, -0.15) is 0 Å². The zero-order valence-corrected chi connectivity index (χ0v) is 10.7. The van der Waals surface area contributed by atoms with E-state index >= 15 is 0 Å². The Hall–Kier alpha value is -1.68. The SMILES string of the molecule is CC(C)(C)OC(=O)C=Cc1cccc(F)c1CO. The number of carbonyl (C=O) groups is 1. The lowest BCUT2D eigenvalue weighted by molar-refractivity contribution is -0.148. The number of rotatable bonds is 3. The van der Waals surface area contributed by atoms with Crippen molar-refractivity contribution in [1.82, 2.24) is 0 Å². The Kier molecular flexibility index (Phi) is 4.62. The molecule has 1 N–H and O–H groups in total. The van der Waals surface area contributed by atoms with Crippen LogP contribution < -0.4 is 0 Å². The van der Waals surface area contributed by atoms with Gasteiger partial charge >= 0.3 is 5.97 Å². The molecule has 0 aliphatic heterocycles. The van der Waals surface area contributed by atoms with Crippen molar-refractivity contribution in [3.8, 4) is 0 Å². The number of ether oxygens (including phenoxy) is 1. The summed E-state index contributed by atoms with van der Waals surface area (Å²) in [5.74, 6) is -1.00. The first-order chi connectivity index (χ1) is 8.33. The van der Waals surface area contributed by atoms with E-state index in [9.17, 15) is 9.18 Å². The fraction of sp³-hybridized carbons (Fsp3) is 0.357. The molecule has 1 aromatic carbocycles. The van der Waals surface area contributed by atoms with Gasteiger partial charge in [0.1, 0.15) is 11.4 Å². The van der Waals surface area contributed by atoms with Crippen LogP contribution >= 0.6 is 0 Å². The highest BCUT2D eigenvalue weighted by Gasteiger charge is 2.14. The minimum atomic E-state index is -0.566. The van der Waals surface area contributed by atoms with Crippen molar-refractivity contribution in [3.05, 3.63) is 41.2 Å². The Balaban J connectivity index is 2.85. The van der Waals surface area contributed by atoms with Crippen LogP contribution in [0.4, 0.5) is 4.39 Å². The highest BCUT2D eigenvalue weighted by Crippen LogP contribution is 2.15. The average molecular weight is 252 g/mol. The van der Waals surface area contributed by atoms with Crippen LogP contribution in [0.2, 0.25) is 0 Å². The second-order valence-electron chi connectivity index (χ2n) is 4.83. The van der Waals surface area contributed by atoms with E-state index in [1.54, 1.807) is 26.8 Å². The van der Waals surface area contributed by atoms with Crippen molar-refractivity contribution in [1.29, 1.82) is 0 Å². The predicted octanol–water partition coefficient (Wildman–Crippen LogP) is 2.67. The van der Waals surface area contributed by atoms with Gasteiger partial charge in [-0.3, -0.25) is 0 Å². The number of benzene rings is 1. The van der Waals surface area contributed by atoms with E-state index in [1.165, 1.54) is 24.3 Å². The standard InChI is InChI=1S/C14H17FO3/c1-14(2,3)18-13(17)8-7-10-5-4-6-12(15)11(10)9-16/h4-8,16H,9H2,1-3H3. The summed E-state index contributed by atoms with van der Waals surface area (Å²) in [5.41, 5.74) is 0.0593. The molecule has 1 aromatic rings. The third-order valence-electron chi connectivity index (χ3n) is 2.12. The monoisotopic (exact) mass is 252 g/mol. The highest BCUT2D eigenvalue weighted by atomic mass is 19.1. The van der Waals surface area contributed by atoms with Gasteiger partial charge < -0.3 is 9.84 Å². The predicted molar refractivity (Wildman–Crippen MR) is 67.2 cm³/mol. The van der Waals surface area contributed by atoms with Crippen LogP contribution in [0.1, 0.15) is 31.9 Å². The van der Waals surface area contributed by atoms with Crippen LogP contribution in [-0.4, -0.2) is 16.7 Å². The normalized spacial score (nSPS) is 11.8. The molecule has 1 rings (SSSR count). The van der Waals surface area contributed by atoms with Gasteiger partial charge in [0.25, 0.3) is 0 Å². The largest absolute Gasteiger partial charge is 0.457 e. The summed E-state index contributed by atoms with van der Waals surface area (Å²) in [4.78, 5) is 11.5.